The summed E-state index contributed by atoms with van der Waals surface area (Å²) in [5, 5.41) is 0.783. The van der Waals surface area contributed by atoms with Crippen LogP contribution >= 0.6 is 11.6 Å². The smallest absolute Gasteiger partial charge is 0.240 e. The highest BCUT2D eigenvalue weighted by Crippen LogP contribution is 2.26. The van der Waals surface area contributed by atoms with Gasteiger partial charge < -0.3 is 9.80 Å². The maximum atomic E-state index is 12.5. The molecule has 0 atom stereocenters. The lowest BCUT2D eigenvalue weighted by molar-refractivity contribution is -0.119. The molecular formula is C19H22ClN3O. The molecule has 0 unspecified atom stereocenters. The average molecular weight is 344 g/mol. The number of halogens is 1. The van der Waals surface area contributed by atoms with Crippen molar-refractivity contribution in [3.05, 3.63) is 59.6 Å². The summed E-state index contributed by atoms with van der Waals surface area (Å²) < 4.78 is 0. The third-order valence-electron chi connectivity index (χ3n) is 4.44. The van der Waals surface area contributed by atoms with Crippen molar-refractivity contribution in [1.82, 2.24) is 4.90 Å². The summed E-state index contributed by atoms with van der Waals surface area (Å²) in [6.45, 7) is 3.93. The first-order chi connectivity index (χ1) is 11.6. The highest BCUT2D eigenvalue weighted by atomic mass is 35.5. The predicted molar refractivity (Wildman–Crippen MR) is 100.0 cm³/mol. The van der Waals surface area contributed by atoms with Gasteiger partial charge in [0.1, 0.15) is 0 Å². The first-order valence-corrected chi connectivity index (χ1v) is 8.56. The zero-order valence-corrected chi connectivity index (χ0v) is 14.6. The second kappa shape index (κ2) is 7.69. The number of benzene rings is 2. The molecule has 1 fully saturated rings. The molecular weight excluding hydrogens is 322 g/mol. The number of hydrogen-bond acceptors (Lipinski definition) is 3. The van der Waals surface area contributed by atoms with Crippen molar-refractivity contribution in [2.75, 3.05) is 49.6 Å². The van der Waals surface area contributed by atoms with Crippen molar-refractivity contribution in [1.29, 1.82) is 0 Å². The van der Waals surface area contributed by atoms with Gasteiger partial charge in [-0.1, -0.05) is 41.9 Å². The third kappa shape index (κ3) is 3.89. The molecule has 1 aliphatic rings. The minimum Gasteiger partial charge on any atom is -0.368 e. The lowest BCUT2D eigenvalue weighted by Gasteiger charge is -2.36. The third-order valence-corrected chi connectivity index (χ3v) is 4.76. The van der Waals surface area contributed by atoms with Crippen LogP contribution in [0.15, 0.2) is 54.6 Å². The quantitative estimate of drug-likeness (QED) is 0.853. The SMILES string of the molecule is CN(C(=O)CN1CCN(c2ccccc2Cl)CC1)c1ccccc1. The van der Waals surface area contributed by atoms with Crippen molar-refractivity contribution in [2.24, 2.45) is 0 Å². The maximum Gasteiger partial charge on any atom is 0.240 e. The van der Waals surface area contributed by atoms with E-state index in [0.717, 1.165) is 42.6 Å². The van der Waals surface area contributed by atoms with Crippen LogP contribution in [-0.2, 0) is 4.79 Å². The van der Waals surface area contributed by atoms with Crippen LogP contribution in [0.1, 0.15) is 0 Å². The summed E-state index contributed by atoms with van der Waals surface area (Å²) in [7, 11) is 1.83. The largest absolute Gasteiger partial charge is 0.368 e. The molecule has 0 spiro atoms. The van der Waals surface area contributed by atoms with Crippen LogP contribution in [0, 0.1) is 0 Å². The first kappa shape index (κ1) is 16.8. The van der Waals surface area contributed by atoms with E-state index in [0.29, 0.717) is 6.54 Å². The molecule has 2 aromatic rings. The Hall–Kier alpha value is -2.04. The summed E-state index contributed by atoms with van der Waals surface area (Å²) >= 11 is 6.27. The Bertz CT molecular complexity index is 684. The number of piperazine rings is 1. The number of carbonyl (C=O) groups excluding carboxylic acids is 1. The molecule has 2 aromatic carbocycles. The zero-order chi connectivity index (χ0) is 16.9. The lowest BCUT2D eigenvalue weighted by Crippen LogP contribution is -2.49. The van der Waals surface area contributed by atoms with Gasteiger partial charge in [-0.25, -0.2) is 0 Å². The number of rotatable bonds is 4. The molecule has 0 radical (unpaired) electrons. The number of likely N-dealkylation sites (N-methyl/N-ethyl adjacent to an activating group) is 1. The normalized spacial score (nSPS) is 15.3. The van der Waals surface area contributed by atoms with Gasteiger partial charge in [0.05, 0.1) is 17.3 Å². The van der Waals surface area contributed by atoms with Crippen LogP contribution in [-0.4, -0.2) is 50.6 Å². The van der Waals surface area contributed by atoms with Crippen LogP contribution in [0.4, 0.5) is 11.4 Å². The fourth-order valence-electron chi connectivity index (χ4n) is 2.95. The molecule has 1 saturated heterocycles. The molecule has 5 heteroatoms. The van der Waals surface area contributed by atoms with E-state index in [1.54, 1.807) is 4.90 Å². The molecule has 0 aliphatic carbocycles. The van der Waals surface area contributed by atoms with Gasteiger partial charge in [0, 0.05) is 38.9 Å². The van der Waals surface area contributed by atoms with Crippen LogP contribution in [0.5, 0.6) is 0 Å². The van der Waals surface area contributed by atoms with E-state index in [-0.39, 0.29) is 5.91 Å². The van der Waals surface area contributed by atoms with Crippen LogP contribution in [0.25, 0.3) is 0 Å². The minimum absolute atomic E-state index is 0.118. The fourth-order valence-corrected chi connectivity index (χ4v) is 3.20. The molecule has 0 N–H and O–H groups in total. The van der Waals surface area contributed by atoms with Gasteiger partial charge in [-0.3, -0.25) is 9.69 Å². The van der Waals surface area contributed by atoms with Gasteiger partial charge in [0.15, 0.2) is 0 Å². The van der Waals surface area contributed by atoms with Gasteiger partial charge in [0.25, 0.3) is 0 Å². The lowest BCUT2D eigenvalue weighted by atomic mass is 10.2. The van der Waals surface area contributed by atoms with Gasteiger partial charge in [-0.05, 0) is 24.3 Å². The van der Waals surface area contributed by atoms with Gasteiger partial charge in [0.2, 0.25) is 5.91 Å². The molecule has 0 bridgehead atoms. The molecule has 24 heavy (non-hydrogen) atoms. The number of hydrogen-bond donors (Lipinski definition) is 0. The van der Waals surface area contributed by atoms with Gasteiger partial charge in [-0.15, -0.1) is 0 Å². The van der Waals surface area contributed by atoms with Crippen molar-refractivity contribution in [2.45, 2.75) is 0 Å². The summed E-state index contributed by atoms with van der Waals surface area (Å²) in [4.78, 5) is 18.7. The van der Waals surface area contributed by atoms with Crippen LogP contribution in [0.3, 0.4) is 0 Å². The molecule has 1 amide bonds. The Morgan fingerprint density at radius 2 is 1.62 bits per heavy atom. The highest BCUT2D eigenvalue weighted by Gasteiger charge is 2.22. The summed E-state index contributed by atoms with van der Waals surface area (Å²) in [6, 6.07) is 17.7. The molecule has 3 rings (SSSR count). The van der Waals surface area contributed by atoms with Crippen molar-refractivity contribution >= 4 is 28.9 Å². The van der Waals surface area contributed by atoms with Crippen molar-refractivity contribution in [3.63, 3.8) is 0 Å². The monoisotopic (exact) mass is 343 g/mol. The number of anilines is 2. The number of amides is 1. The highest BCUT2D eigenvalue weighted by molar-refractivity contribution is 6.33. The topological polar surface area (TPSA) is 26.8 Å². The van der Waals surface area contributed by atoms with E-state index in [4.69, 9.17) is 11.6 Å². The standard InChI is InChI=1S/C19H22ClN3O/c1-21(16-7-3-2-4-8-16)19(24)15-22-11-13-23(14-12-22)18-10-6-5-9-17(18)20/h2-10H,11-15H2,1H3. The molecule has 0 saturated carbocycles. The van der Waals surface area contributed by atoms with E-state index in [9.17, 15) is 4.79 Å². The molecule has 4 nitrogen and oxygen atoms in total. The van der Waals surface area contributed by atoms with E-state index in [1.165, 1.54) is 0 Å². The van der Waals surface area contributed by atoms with E-state index < -0.39 is 0 Å². The number of nitrogens with zero attached hydrogens (tertiary/aromatic N) is 3. The Kier molecular flexibility index (Phi) is 5.38. The predicted octanol–water partition coefficient (Wildman–Crippen LogP) is 3.13. The average Bonchev–Trinajstić information content (AvgIpc) is 2.63. The van der Waals surface area contributed by atoms with E-state index in [1.807, 2.05) is 61.6 Å². The van der Waals surface area contributed by atoms with Crippen LogP contribution < -0.4 is 9.80 Å². The van der Waals surface area contributed by atoms with Crippen LogP contribution in [0.2, 0.25) is 5.02 Å². The summed E-state index contributed by atoms with van der Waals surface area (Å²) in [5.74, 6) is 0.118. The Balaban J connectivity index is 1.54. The second-order valence-electron chi connectivity index (χ2n) is 6.00. The zero-order valence-electron chi connectivity index (χ0n) is 13.9. The van der Waals surface area contributed by atoms with Crippen molar-refractivity contribution in [3.8, 4) is 0 Å². The minimum atomic E-state index is 0.118. The van der Waals surface area contributed by atoms with Gasteiger partial charge >= 0.3 is 0 Å². The number of para-hydroxylation sites is 2. The maximum absolute atomic E-state index is 12.5. The fraction of sp³-hybridized carbons (Fsp3) is 0.316. The number of carbonyl (C=O) groups is 1. The Morgan fingerprint density at radius 1 is 1.00 bits per heavy atom. The summed E-state index contributed by atoms with van der Waals surface area (Å²) in [5.41, 5.74) is 2.00. The molecule has 0 aromatic heterocycles. The Morgan fingerprint density at radius 3 is 2.29 bits per heavy atom. The molecule has 1 aliphatic heterocycles. The Labute approximate surface area is 148 Å². The second-order valence-corrected chi connectivity index (χ2v) is 6.41. The van der Waals surface area contributed by atoms with E-state index >= 15 is 0 Å². The van der Waals surface area contributed by atoms with E-state index in [2.05, 4.69) is 9.80 Å². The molecule has 1 heterocycles. The first-order valence-electron chi connectivity index (χ1n) is 8.18. The van der Waals surface area contributed by atoms with Crippen molar-refractivity contribution < 1.29 is 4.79 Å². The molecule has 126 valence electrons. The van der Waals surface area contributed by atoms with Gasteiger partial charge in [-0.2, -0.15) is 0 Å². The summed E-state index contributed by atoms with van der Waals surface area (Å²) in [6.07, 6.45) is 0.